The molecule has 5 nitrogen and oxygen atoms in total. The van der Waals surface area contributed by atoms with E-state index < -0.39 is 0 Å². The number of benzene rings is 1. The molecule has 3 rings (SSSR count). The maximum Gasteiger partial charge on any atom is 0.125 e. The summed E-state index contributed by atoms with van der Waals surface area (Å²) in [7, 11) is 0. The second-order valence-corrected chi connectivity index (χ2v) is 6.37. The highest BCUT2D eigenvalue weighted by molar-refractivity contribution is 5.63. The quantitative estimate of drug-likeness (QED) is 0.724. The molecule has 5 heteroatoms. The van der Waals surface area contributed by atoms with Crippen LogP contribution in [0.15, 0.2) is 42.0 Å². The second-order valence-electron chi connectivity index (χ2n) is 6.37. The molecule has 0 bridgehead atoms. The molecule has 1 aromatic carbocycles. The van der Waals surface area contributed by atoms with Crippen molar-refractivity contribution in [2.75, 3.05) is 31.7 Å². The molecule has 0 atom stereocenters. The Morgan fingerprint density at radius 1 is 1.28 bits per heavy atom. The van der Waals surface area contributed by atoms with E-state index in [9.17, 15) is 5.11 Å². The SMILES string of the molecule is CCCc1ccc(-c2cc(NCC3=CCCOC3)n(CCO)n2)cc1. The Morgan fingerprint density at radius 3 is 2.80 bits per heavy atom. The summed E-state index contributed by atoms with van der Waals surface area (Å²) in [5.41, 5.74) is 4.63. The lowest BCUT2D eigenvalue weighted by Crippen LogP contribution is -2.16. The standard InChI is InChI=1S/C20H27N3O2/c1-2-4-16-6-8-18(9-7-16)19-13-20(23(22-19)10-11-24)21-14-17-5-3-12-25-15-17/h5-9,13,21,24H,2-4,10-12,14-15H2,1H3. The van der Waals surface area contributed by atoms with Crippen LogP contribution in [0.5, 0.6) is 0 Å². The second kappa shape index (κ2) is 8.83. The first-order valence-corrected chi connectivity index (χ1v) is 9.07. The number of anilines is 1. The predicted molar refractivity (Wildman–Crippen MR) is 101 cm³/mol. The highest BCUT2D eigenvalue weighted by Crippen LogP contribution is 2.23. The number of nitrogens with zero attached hydrogens (tertiary/aromatic N) is 2. The number of rotatable bonds is 8. The van der Waals surface area contributed by atoms with E-state index in [1.54, 1.807) is 0 Å². The Labute approximate surface area is 149 Å². The van der Waals surface area contributed by atoms with Crippen molar-refractivity contribution in [3.8, 4) is 11.3 Å². The molecular formula is C20H27N3O2. The van der Waals surface area contributed by atoms with Crippen molar-refractivity contribution in [3.05, 3.63) is 47.5 Å². The van der Waals surface area contributed by atoms with Gasteiger partial charge in [0, 0.05) is 18.2 Å². The van der Waals surface area contributed by atoms with Crippen molar-refractivity contribution in [2.24, 2.45) is 0 Å². The van der Waals surface area contributed by atoms with Crippen LogP contribution in [0.25, 0.3) is 11.3 Å². The number of hydrogen-bond acceptors (Lipinski definition) is 4. The summed E-state index contributed by atoms with van der Waals surface area (Å²) in [4.78, 5) is 0. The number of aliphatic hydroxyl groups is 1. The van der Waals surface area contributed by atoms with Crippen molar-refractivity contribution >= 4 is 5.82 Å². The summed E-state index contributed by atoms with van der Waals surface area (Å²) in [6.07, 6.45) is 5.46. The minimum atomic E-state index is 0.0665. The molecule has 0 unspecified atom stereocenters. The van der Waals surface area contributed by atoms with Crippen LogP contribution in [-0.2, 0) is 17.7 Å². The van der Waals surface area contributed by atoms with E-state index >= 15 is 0 Å². The average molecular weight is 341 g/mol. The zero-order valence-electron chi connectivity index (χ0n) is 14.9. The van der Waals surface area contributed by atoms with Gasteiger partial charge in [-0.25, -0.2) is 4.68 Å². The van der Waals surface area contributed by atoms with Gasteiger partial charge in [-0.05, 0) is 24.0 Å². The van der Waals surface area contributed by atoms with E-state index in [0.717, 1.165) is 49.5 Å². The average Bonchev–Trinajstić information content (AvgIpc) is 3.05. The molecule has 1 aromatic heterocycles. The van der Waals surface area contributed by atoms with E-state index in [-0.39, 0.29) is 6.61 Å². The lowest BCUT2D eigenvalue weighted by Gasteiger charge is -2.15. The van der Waals surface area contributed by atoms with Gasteiger partial charge in [-0.3, -0.25) is 0 Å². The van der Waals surface area contributed by atoms with E-state index in [4.69, 9.17) is 4.74 Å². The number of aromatic nitrogens is 2. The Bertz CT molecular complexity index is 704. The summed E-state index contributed by atoms with van der Waals surface area (Å²) in [6, 6.07) is 10.6. The molecule has 1 aliphatic rings. The van der Waals surface area contributed by atoms with Crippen molar-refractivity contribution < 1.29 is 9.84 Å². The molecule has 0 radical (unpaired) electrons. The zero-order valence-corrected chi connectivity index (χ0v) is 14.9. The van der Waals surface area contributed by atoms with Crippen molar-refractivity contribution in [1.29, 1.82) is 0 Å². The molecule has 2 heterocycles. The topological polar surface area (TPSA) is 59.3 Å². The Morgan fingerprint density at radius 2 is 2.12 bits per heavy atom. The molecular weight excluding hydrogens is 314 g/mol. The monoisotopic (exact) mass is 341 g/mol. The van der Waals surface area contributed by atoms with Gasteiger partial charge in [-0.2, -0.15) is 5.10 Å². The molecule has 0 saturated carbocycles. The fraction of sp³-hybridized carbons (Fsp3) is 0.450. The van der Waals surface area contributed by atoms with Crippen LogP contribution in [0.1, 0.15) is 25.3 Å². The van der Waals surface area contributed by atoms with Gasteiger partial charge < -0.3 is 15.2 Å². The summed E-state index contributed by atoms with van der Waals surface area (Å²) in [5.74, 6) is 0.924. The van der Waals surface area contributed by atoms with Crippen LogP contribution < -0.4 is 5.32 Å². The van der Waals surface area contributed by atoms with Gasteiger partial charge >= 0.3 is 0 Å². The normalized spacial score (nSPS) is 14.4. The summed E-state index contributed by atoms with van der Waals surface area (Å²) >= 11 is 0. The highest BCUT2D eigenvalue weighted by atomic mass is 16.5. The third-order valence-electron chi connectivity index (χ3n) is 4.36. The first-order chi connectivity index (χ1) is 12.3. The number of aliphatic hydroxyl groups excluding tert-OH is 1. The smallest absolute Gasteiger partial charge is 0.125 e. The van der Waals surface area contributed by atoms with Crippen LogP contribution >= 0.6 is 0 Å². The van der Waals surface area contributed by atoms with E-state index in [1.165, 1.54) is 11.1 Å². The van der Waals surface area contributed by atoms with E-state index in [0.29, 0.717) is 13.2 Å². The van der Waals surface area contributed by atoms with Gasteiger partial charge in [0.2, 0.25) is 0 Å². The molecule has 0 spiro atoms. The summed E-state index contributed by atoms with van der Waals surface area (Å²) < 4.78 is 7.32. The molecule has 2 N–H and O–H groups in total. The molecule has 134 valence electrons. The van der Waals surface area contributed by atoms with Gasteiger partial charge in [0.15, 0.2) is 0 Å². The minimum absolute atomic E-state index is 0.0665. The third-order valence-corrected chi connectivity index (χ3v) is 4.36. The summed E-state index contributed by atoms with van der Waals surface area (Å²) in [5, 5.41) is 17.4. The Balaban J connectivity index is 1.75. The Kier molecular flexibility index (Phi) is 6.25. The molecule has 25 heavy (non-hydrogen) atoms. The highest BCUT2D eigenvalue weighted by Gasteiger charge is 2.11. The van der Waals surface area contributed by atoms with Crippen LogP contribution in [-0.4, -0.2) is 41.3 Å². The van der Waals surface area contributed by atoms with Crippen LogP contribution in [0.2, 0.25) is 0 Å². The Hall–Kier alpha value is -2.11. The molecule has 0 amide bonds. The number of aryl methyl sites for hydroxylation is 1. The molecule has 0 saturated heterocycles. The van der Waals surface area contributed by atoms with Crippen LogP contribution in [0.4, 0.5) is 5.82 Å². The van der Waals surface area contributed by atoms with Crippen molar-refractivity contribution in [2.45, 2.75) is 32.7 Å². The predicted octanol–water partition coefficient (Wildman–Crippen LogP) is 3.25. The third kappa shape index (κ3) is 4.71. The maximum absolute atomic E-state index is 9.32. The largest absolute Gasteiger partial charge is 0.394 e. The van der Waals surface area contributed by atoms with E-state index in [2.05, 4.69) is 53.7 Å². The number of nitrogens with one attached hydrogen (secondary N) is 1. The first kappa shape index (κ1) is 17.7. The fourth-order valence-corrected chi connectivity index (χ4v) is 3.03. The van der Waals surface area contributed by atoms with E-state index in [1.807, 2.05) is 4.68 Å². The van der Waals surface area contributed by atoms with Crippen LogP contribution in [0, 0.1) is 0 Å². The van der Waals surface area contributed by atoms with Crippen LogP contribution in [0.3, 0.4) is 0 Å². The first-order valence-electron chi connectivity index (χ1n) is 9.07. The minimum Gasteiger partial charge on any atom is -0.394 e. The van der Waals surface area contributed by atoms with Gasteiger partial charge in [-0.15, -0.1) is 0 Å². The van der Waals surface area contributed by atoms with Crippen molar-refractivity contribution in [3.63, 3.8) is 0 Å². The van der Waals surface area contributed by atoms with Gasteiger partial charge in [0.1, 0.15) is 5.82 Å². The molecule has 1 aliphatic heterocycles. The lowest BCUT2D eigenvalue weighted by molar-refractivity contribution is 0.150. The van der Waals surface area contributed by atoms with Gasteiger partial charge in [0.25, 0.3) is 0 Å². The van der Waals surface area contributed by atoms with Gasteiger partial charge in [0.05, 0.1) is 32.1 Å². The number of ether oxygens (including phenoxy) is 1. The maximum atomic E-state index is 9.32. The molecule has 0 fully saturated rings. The lowest BCUT2D eigenvalue weighted by atomic mass is 10.1. The molecule has 0 aliphatic carbocycles. The zero-order chi connectivity index (χ0) is 17.5. The summed E-state index contributed by atoms with van der Waals surface area (Å²) in [6.45, 7) is 4.97. The number of hydrogen-bond donors (Lipinski definition) is 2. The fourth-order valence-electron chi connectivity index (χ4n) is 3.03. The van der Waals surface area contributed by atoms with Crippen molar-refractivity contribution in [1.82, 2.24) is 9.78 Å². The van der Waals surface area contributed by atoms with Gasteiger partial charge in [-0.1, -0.05) is 43.7 Å². The molecule has 2 aromatic rings.